The van der Waals surface area contributed by atoms with Crippen molar-refractivity contribution in [1.82, 2.24) is 5.32 Å². The molecule has 1 aliphatic rings. The Balaban J connectivity index is 1.67. The van der Waals surface area contributed by atoms with Crippen LogP contribution in [0.25, 0.3) is 0 Å². The Bertz CT molecular complexity index is 572. The highest BCUT2D eigenvalue weighted by Crippen LogP contribution is 2.23. The molecule has 2 aromatic rings. The van der Waals surface area contributed by atoms with E-state index in [-0.39, 0.29) is 0 Å². The summed E-state index contributed by atoms with van der Waals surface area (Å²) in [5.41, 5.74) is 2.55. The highest BCUT2D eigenvalue weighted by molar-refractivity contribution is 5.46. The van der Waals surface area contributed by atoms with E-state index in [9.17, 15) is 0 Å². The third kappa shape index (κ3) is 3.67. The predicted octanol–water partition coefficient (Wildman–Crippen LogP) is 3.87. The Morgan fingerprint density at radius 2 is 2.00 bits per heavy atom. The van der Waals surface area contributed by atoms with E-state index < -0.39 is 0 Å². The fourth-order valence-corrected chi connectivity index (χ4v) is 2.59. The smallest absolute Gasteiger partial charge is 0.118 e. The number of para-hydroxylation sites is 1. The van der Waals surface area contributed by atoms with E-state index in [1.807, 2.05) is 0 Å². The van der Waals surface area contributed by atoms with Crippen molar-refractivity contribution >= 4 is 5.69 Å². The molecule has 1 aromatic heterocycles. The minimum Gasteiger partial charge on any atom is -0.465 e. The molecule has 0 bridgehead atoms. The van der Waals surface area contributed by atoms with Crippen LogP contribution in [0.15, 0.2) is 40.8 Å². The van der Waals surface area contributed by atoms with Crippen LogP contribution >= 0.6 is 0 Å². The highest BCUT2D eigenvalue weighted by Gasteiger charge is 2.21. The minimum atomic E-state index is 0.718. The molecule has 0 unspecified atom stereocenters. The standard InChI is InChI=1S/C18H24N2O/c1-3-20(17-7-5-4-6-8-17)13-15-11-18(21-14(15)2)12-19-16-9-10-16/h4-8,11,16,19H,3,9-10,12-13H2,1-2H3. The number of hydrogen-bond donors (Lipinski definition) is 1. The summed E-state index contributed by atoms with van der Waals surface area (Å²) in [5, 5.41) is 3.51. The maximum Gasteiger partial charge on any atom is 0.118 e. The predicted molar refractivity (Wildman–Crippen MR) is 86.5 cm³/mol. The van der Waals surface area contributed by atoms with E-state index in [4.69, 9.17) is 4.42 Å². The molecule has 3 rings (SSSR count). The van der Waals surface area contributed by atoms with Crippen LogP contribution in [0.5, 0.6) is 0 Å². The molecule has 0 radical (unpaired) electrons. The summed E-state index contributed by atoms with van der Waals surface area (Å²) in [6.45, 7) is 7.00. The van der Waals surface area contributed by atoms with Crippen LogP contribution < -0.4 is 10.2 Å². The van der Waals surface area contributed by atoms with Gasteiger partial charge in [-0.05, 0) is 44.9 Å². The van der Waals surface area contributed by atoms with Gasteiger partial charge >= 0.3 is 0 Å². The first-order chi connectivity index (χ1) is 10.3. The topological polar surface area (TPSA) is 28.4 Å². The fraction of sp³-hybridized carbons (Fsp3) is 0.444. The molecule has 0 saturated heterocycles. The number of anilines is 1. The average molecular weight is 284 g/mol. The summed E-state index contributed by atoms with van der Waals surface area (Å²) in [5.74, 6) is 2.09. The van der Waals surface area contributed by atoms with E-state index in [2.05, 4.69) is 60.5 Å². The number of rotatable bonds is 7. The maximum absolute atomic E-state index is 5.88. The van der Waals surface area contributed by atoms with Crippen molar-refractivity contribution < 1.29 is 4.42 Å². The second-order valence-electron chi connectivity index (χ2n) is 5.80. The summed E-state index contributed by atoms with van der Waals surface area (Å²) in [6, 6.07) is 13.5. The summed E-state index contributed by atoms with van der Waals surface area (Å²) in [6.07, 6.45) is 2.62. The van der Waals surface area contributed by atoms with Gasteiger partial charge in [-0.15, -0.1) is 0 Å². The quantitative estimate of drug-likeness (QED) is 0.836. The van der Waals surface area contributed by atoms with Crippen LogP contribution in [0.3, 0.4) is 0 Å². The molecular formula is C18H24N2O. The maximum atomic E-state index is 5.88. The van der Waals surface area contributed by atoms with Crippen molar-refractivity contribution in [3.63, 3.8) is 0 Å². The summed E-state index contributed by atoms with van der Waals surface area (Å²) in [4.78, 5) is 2.37. The van der Waals surface area contributed by atoms with E-state index >= 15 is 0 Å². The lowest BCUT2D eigenvalue weighted by molar-refractivity contribution is 0.459. The number of nitrogens with one attached hydrogen (secondary N) is 1. The van der Waals surface area contributed by atoms with Crippen LogP contribution in [0, 0.1) is 6.92 Å². The van der Waals surface area contributed by atoms with Crippen LogP contribution in [-0.2, 0) is 13.1 Å². The van der Waals surface area contributed by atoms with E-state index in [0.717, 1.165) is 37.2 Å². The average Bonchev–Trinajstić information content (AvgIpc) is 3.28. The second-order valence-corrected chi connectivity index (χ2v) is 5.80. The summed E-state index contributed by atoms with van der Waals surface area (Å²) >= 11 is 0. The molecule has 21 heavy (non-hydrogen) atoms. The van der Waals surface area contributed by atoms with Crippen LogP contribution in [0.4, 0.5) is 5.69 Å². The molecule has 3 nitrogen and oxygen atoms in total. The lowest BCUT2D eigenvalue weighted by atomic mass is 10.2. The molecule has 1 fully saturated rings. The number of furan rings is 1. The Hall–Kier alpha value is -1.74. The number of aryl methyl sites for hydroxylation is 1. The van der Waals surface area contributed by atoms with Crippen molar-refractivity contribution in [1.29, 1.82) is 0 Å². The molecule has 1 N–H and O–H groups in total. The third-order valence-electron chi connectivity index (χ3n) is 4.08. The third-order valence-corrected chi connectivity index (χ3v) is 4.08. The van der Waals surface area contributed by atoms with Gasteiger partial charge < -0.3 is 14.6 Å². The lowest BCUT2D eigenvalue weighted by Gasteiger charge is -2.22. The van der Waals surface area contributed by atoms with Crippen molar-refractivity contribution in [2.24, 2.45) is 0 Å². The van der Waals surface area contributed by atoms with Gasteiger partial charge in [-0.2, -0.15) is 0 Å². The fourth-order valence-electron chi connectivity index (χ4n) is 2.59. The van der Waals surface area contributed by atoms with E-state index in [0.29, 0.717) is 0 Å². The SMILES string of the molecule is CCN(Cc1cc(CNC2CC2)oc1C)c1ccccc1. The van der Waals surface area contributed by atoms with Crippen LogP contribution in [0.2, 0.25) is 0 Å². The van der Waals surface area contributed by atoms with Gasteiger partial charge in [0.15, 0.2) is 0 Å². The monoisotopic (exact) mass is 284 g/mol. The summed E-state index contributed by atoms with van der Waals surface area (Å²) < 4.78 is 5.88. The molecule has 1 aliphatic carbocycles. The van der Waals surface area contributed by atoms with Gasteiger partial charge in [0.2, 0.25) is 0 Å². The van der Waals surface area contributed by atoms with Crippen LogP contribution in [-0.4, -0.2) is 12.6 Å². The molecule has 1 saturated carbocycles. The molecule has 1 aromatic carbocycles. The first-order valence-corrected chi connectivity index (χ1v) is 7.88. The minimum absolute atomic E-state index is 0.718. The molecule has 3 heteroatoms. The van der Waals surface area contributed by atoms with Crippen molar-refractivity contribution in [2.45, 2.75) is 45.8 Å². The Labute approximate surface area is 127 Å². The Morgan fingerprint density at radius 3 is 2.67 bits per heavy atom. The van der Waals surface area contributed by atoms with Gasteiger partial charge in [0, 0.05) is 30.4 Å². The van der Waals surface area contributed by atoms with Gasteiger partial charge in [-0.1, -0.05) is 18.2 Å². The molecule has 1 heterocycles. The largest absolute Gasteiger partial charge is 0.465 e. The van der Waals surface area contributed by atoms with Crippen LogP contribution in [0.1, 0.15) is 36.8 Å². The summed E-state index contributed by atoms with van der Waals surface area (Å²) in [7, 11) is 0. The molecule has 112 valence electrons. The van der Waals surface area contributed by atoms with E-state index in [1.165, 1.54) is 24.1 Å². The van der Waals surface area contributed by atoms with Gasteiger partial charge in [0.1, 0.15) is 11.5 Å². The number of benzene rings is 1. The van der Waals surface area contributed by atoms with Crippen molar-refractivity contribution in [3.05, 3.63) is 53.5 Å². The van der Waals surface area contributed by atoms with E-state index in [1.54, 1.807) is 0 Å². The molecule has 0 aliphatic heterocycles. The van der Waals surface area contributed by atoms with Crippen molar-refractivity contribution in [3.8, 4) is 0 Å². The zero-order chi connectivity index (χ0) is 14.7. The van der Waals surface area contributed by atoms with Crippen molar-refractivity contribution in [2.75, 3.05) is 11.4 Å². The highest BCUT2D eigenvalue weighted by atomic mass is 16.3. The zero-order valence-corrected chi connectivity index (χ0v) is 12.9. The zero-order valence-electron chi connectivity index (χ0n) is 12.9. The first kappa shape index (κ1) is 14.2. The second kappa shape index (κ2) is 6.35. The molecular weight excluding hydrogens is 260 g/mol. The lowest BCUT2D eigenvalue weighted by Crippen LogP contribution is -2.21. The Morgan fingerprint density at radius 1 is 1.24 bits per heavy atom. The molecule has 0 amide bonds. The number of hydrogen-bond acceptors (Lipinski definition) is 3. The van der Waals surface area contributed by atoms with Gasteiger partial charge in [0.05, 0.1) is 6.54 Å². The first-order valence-electron chi connectivity index (χ1n) is 7.88. The van der Waals surface area contributed by atoms with Gasteiger partial charge in [-0.3, -0.25) is 0 Å². The molecule has 0 spiro atoms. The molecule has 0 atom stereocenters. The van der Waals surface area contributed by atoms with Gasteiger partial charge in [0.25, 0.3) is 0 Å². The number of nitrogens with zero attached hydrogens (tertiary/aromatic N) is 1. The normalized spacial score (nSPS) is 14.4. The van der Waals surface area contributed by atoms with Gasteiger partial charge in [-0.25, -0.2) is 0 Å². The Kier molecular flexibility index (Phi) is 4.30.